The molecule has 2 aromatic rings. The van der Waals surface area contributed by atoms with Crippen LogP contribution in [0.3, 0.4) is 0 Å². The number of aliphatic hydroxyl groups is 1. The van der Waals surface area contributed by atoms with Crippen molar-refractivity contribution in [2.45, 2.75) is 12.4 Å². The van der Waals surface area contributed by atoms with Gasteiger partial charge in [-0.3, -0.25) is 0 Å². The molecule has 17 heavy (non-hydrogen) atoms. The standard InChI is InChI=1S/C10H8F3N3O/c11-6-1-2-7(8(12)3-6)9(17)10(13)16-5-14-4-15-16/h1-5,9-10,17H. The van der Waals surface area contributed by atoms with Gasteiger partial charge in [0.25, 0.3) is 0 Å². The maximum Gasteiger partial charge on any atom is 0.223 e. The van der Waals surface area contributed by atoms with Crippen LogP contribution in [0.5, 0.6) is 0 Å². The summed E-state index contributed by atoms with van der Waals surface area (Å²) in [6.07, 6.45) is -1.63. The lowest BCUT2D eigenvalue weighted by atomic mass is 10.1. The van der Waals surface area contributed by atoms with Gasteiger partial charge in [0.2, 0.25) is 6.30 Å². The molecule has 2 atom stereocenters. The topological polar surface area (TPSA) is 50.9 Å². The predicted octanol–water partition coefficient (Wildman–Crippen LogP) is 1.76. The monoisotopic (exact) mass is 243 g/mol. The highest BCUT2D eigenvalue weighted by Crippen LogP contribution is 2.28. The second-order valence-corrected chi connectivity index (χ2v) is 3.36. The van der Waals surface area contributed by atoms with Crippen molar-refractivity contribution in [3.05, 3.63) is 48.1 Å². The van der Waals surface area contributed by atoms with Gasteiger partial charge in [-0.2, -0.15) is 5.10 Å². The summed E-state index contributed by atoms with van der Waals surface area (Å²) in [5.41, 5.74) is -0.339. The fourth-order valence-electron chi connectivity index (χ4n) is 1.38. The van der Waals surface area contributed by atoms with Crippen LogP contribution < -0.4 is 0 Å². The average molecular weight is 243 g/mol. The number of hydrogen-bond donors (Lipinski definition) is 1. The van der Waals surface area contributed by atoms with E-state index in [9.17, 15) is 18.3 Å². The molecule has 0 fully saturated rings. The number of halogens is 3. The first-order chi connectivity index (χ1) is 8.09. The van der Waals surface area contributed by atoms with Crippen molar-refractivity contribution in [2.75, 3.05) is 0 Å². The Morgan fingerprint density at radius 1 is 1.29 bits per heavy atom. The molecule has 0 aliphatic heterocycles. The van der Waals surface area contributed by atoms with E-state index in [1.165, 1.54) is 0 Å². The molecule has 0 aliphatic rings. The first kappa shape index (κ1) is 11.6. The number of aromatic nitrogens is 3. The van der Waals surface area contributed by atoms with Gasteiger partial charge in [-0.05, 0) is 6.07 Å². The summed E-state index contributed by atoms with van der Waals surface area (Å²) >= 11 is 0. The van der Waals surface area contributed by atoms with Gasteiger partial charge in [0.05, 0.1) is 0 Å². The van der Waals surface area contributed by atoms with Gasteiger partial charge < -0.3 is 5.11 Å². The molecule has 0 saturated heterocycles. The Labute approximate surface area is 94.3 Å². The van der Waals surface area contributed by atoms with Crippen LogP contribution in [-0.2, 0) is 0 Å². The van der Waals surface area contributed by atoms with Crippen molar-refractivity contribution in [1.29, 1.82) is 0 Å². The maximum absolute atomic E-state index is 13.7. The van der Waals surface area contributed by atoms with Crippen LogP contribution in [0.2, 0.25) is 0 Å². The van der Waals surface area contributed by atoms with E-state index in [2.05, 4.69) is 10.1 Å². The van der Waals surface area contributed by atoms with Crippen LogP contribution in [-0.4, -0.2) is 19.9 Å². The summed E-state index contributed by atoms with van der Waals surface area (Å²) < 4.78 is 40.4. The molecule has 0 radical (unpaired) electrons. The quantitative estimate of drug-likeness (QED) is 0.893. The summed E-state index contributed by atoms with van der Waals surface area (Å²) in [6, 6.07) is 2.50. The SMILES string of the molecule is OC(c1ccc(F)cc1F)C(F)n1cncn1. The molecular formula is C10H8F3N3O. The van der Waals surface area contributed by atoms with Gasteiger partial charge in [-0.15, -0.1) is 0 Å². The normalized spacial score (nSPS) is 14.6. The molecule has 4 nitrogen and oxygen atoms in total. The van der Waals surface area contributed by atoms with Crippen molar-refractivity contribution in [2.24, 2.45) is 0 Å². The summed E-state index contributed by atoms with van der Waals surface area (Å²) in [4.78, 5) is 3.50. The Balaban J connectivity index is 2.28. The minimum atomic E-state index is -1.99. The van der Waals surface area contributed by atoms with Gasteiger partial charge in [-0.25, -0.2) is 22.8 Å². The Hall–Kier alpha value is -1.89. The molecule has 0 aliphatic carbocycles. The Morgan fingerprint density at radius 2 is 2.06 bits per heavy atom. The first-order valence-electron chi connectivity index (χ1n) is 4.71. The smallest absolute Gasteiger partial charge is 0.223 e. The van der Waals surface area contributed by atoms with Crippen LogP contribution in [0.25, 0.3) is 0 Å². The fraction of sp³-hybridized carbons (Fsp3) is 0.200. The third-order valence-corrected chi connectivity index (χ3v) is 2.23. The van der Waals surface area contributed by atoms with Crippen molar-refractivity contribution in [3.8, 4) is 0 Å². The van der Waals surface area contributed by atoms with E-state index in [1.807, 2.05) is 0 Å². The van der Waals surface area contributed by atoms with E-state index in [4.69, 9.17) is 0 Å². The van der Waals surface area contributed by atoms with E-state index in [0.29, 0.717) is 6.07 Å². The van der Waals surface area contributed by atoms with Crippen LogP contribution in [0.1, 0.15) is 18.0 Å². The lowest BCUT2D eigenvalue weighted by Crippen LogP contribution is -2.15. The van der Waals surface area contributed by atoms with E-state index in [0.717, 1.165) is 29.5 Å². The molecule has 2 rings (SSSR count). The number of hydrogen-bond acceptors (Lipinski definition) is 3. The molecule has 1 heterocycles. The van der Waals surface area contributed by atoms with E-state index < -0.39 is 24.0 Å². The third-order valence-electron chi connectivity index (χ3n) is 2.23. The molecule has 2 unspecified atom stereocenters. The van der Waals surface area contributed by atoms with Gasteiger partial charge in [0.15, 0.2) is 0 Å². The molecule has 1 aromatic heterocycles. The van der Waals surface area contributed by atoms with E-state index >= 15 is 0 Å². The number of aliphatic hydroxyl groups excluding tert-OH is 1. The molecule has 90 valence electrons. The van der Waals surface area contributed by atoms with Crippen molar-refractivity contribution in [1.82, 2.24) is 14.8 Å². The van der Waals surface area contributed by atoms with Crippen LogP contribution in [0, 0.1) is 11.6 Å². The lowest BCUT2D eigenvalue weighted by Gasteiger charge is -2.16. The summed E-state index contributed by atoms with van der Waals surface area (Å²) in [7, 11) is 0. The minimum Gasteiger partial charge on any atom is -0.383 e. The minimum absolute atomic E-state index is 0.339. The zero-order valence-electron chi connectivity index (χ0n) is 8.46. The summed E-state index contributed by atoms with van der Waals surface area (Å²) in [5.74, 6) is -1.81. The van der Waals surface area contributed by atoms with Gasteiger partial charge in [0.1, 0.15) is 30.4 Å². The molecule has 0 saturated carbocycles. The number of alkyl halides is 1. The van der Waals surface area contributed by atoms with Crippen LogP contribution in [0.15, 0.2) is 30.9 Å². The molecule has 1 N–H and O–H groups in total. The number of benzene rings is 1. The second kappa shape index (κ2) is 4.54. The second-order valence-electron chi connectivity index (χ2n) is 3.36. The summed E-state index contributed by atoms with van der Waals surface area (Å²) in [6.45, 7) is 0. The highest BCUT2D eigenvalue weighted by atomic mass is 19.1. The maximum atomic E-state index is 13.7. The lowest BCUT2D eigenvalue weighted by molar-refractivity contribution is 0.0229. The average Bonchev–Trinajstić information content (AvgIpc) is 2.80. The molecule has 0 amide bonds. The molecule has 0 bridgehead atoms. The largest absolute Gasteiger partial charge is 0.383 e. The highest BCUT2D eigenvalue weighted by molar-refractivity contribution is 5.21. The fourth-order valence-corrected chi connectivity index (χ4v) is 1.38. The van der Waals surface area contributed by atoms with E-state index in [1.54, 1.807) is 0 Å². The predicted molar refractivity (Wildman–Crippen MR) is 51.5 cm³/mol. The zero-order chi connectivity index (χ0) is 12.4. The Bertz CT molecular complexity index is 504. The van der Waals surface area contributed by atoms with Crippen LogP contribution in [0.4, 0.5) is 13.2 Å². The Morgan fingerprint density at radius 3 is 2.65 bits per heavy atom. The number of nitrogens with zero attached hydrogens (tertiary/aromatic N) is 3. The molecular weight excluding hydrogens is 235 g/mol. The summed E-state index contributed by atoms with van der Waals surface area (Å²) in [5, 5.41) is 13.1. The van der Waals surface area contributed by atoms with E-state index in [-0.39, 0.29) is 5.56 Å². The zero-order valence-corrected chi connectivity index (χ0v) is 8.46. The van der Waals surface area contributed by atoms with Crippen molar-refractivity contribution in [3.63, 3.8) is 0 Å². The molecule has 1 aromatic carbocycles. The molecule has 7 heteroatoms. The van der Waals surface area contributed by atoms with Gasteiger partial charge >= 0.3 is 0 Å². The number of rotatable bonds is 3. The third kappa shape index (κ3) is 2.28. The van der Waals surface area contributed by atoms with Crippen molar-refractivity contribution < 1.29 is 18.3 Å². The Kier molecular flexibility index (Phi) is 3.10. The van der Waals surface area contributed by atoms with Crippen LogP contribution >= 0.6 is 0 Å². The molecule has 0 spiro atoms. The highest BCUT2D eigenvalue weighted by Gasteiger charge is 2.25. The van der Waals surface area contributed by atoms with Gasteiger partial charge in [0, 0.05) is 11.6 Å². The van der Waals surface area contributed by atoms with Gasteiger partial charge in [-0.1, -0.05) is 6.07 Å². The first-order valence-corrected chi connectivity index (χ1v) is 4.71. The van der Waals surface area contributed by atoms with Crippen molar-refractivity contribution >= 4 is 0 Å².